The molecule has 2 unspecified atom stereocenters. The molecule has 0 aliphatic carbocycles. The number of piperidine rings is 1. The number of aromatic nitrogens is 2. The average molecular weight is 276 g/mol. The van der Waals surface area contributed by atoms with Crippen molar-refractivity contribution in [3.8, 4) is 0 Å². The third kappa shape index (κ3) is 3.62. The molecule has 2 atom stereocenters. The number of rotatable bonds is 5. The molecule has 2 rings (SSSR count). The van der Waals surface area contributed by atoms with Gasteiger partial charge in [0.25, 0.3) is 0 Å². The van der Waals surface area contributed by atoms with E-state index in [9.17, 15) is 0 Å². The topological polar surface area (TPSA) is 41.1 Å². The maximum absolute atomic E-state index is 4.78. The number of hydrogen-bond acceptors (Lipinski definition) is 4. The molecule has 1 aliphatic rings. The number of hydrogen-bond donors (Lipinski definition) is 1. The summed E-state index contributed by atoms with van der Waals surface area (Å²) in [6.07, 6.45) is 4.55. The van der Waals surface area contributed by atoms with E-state index >= 15 is 0 Å². The highest BCUT2D eigenvalue weighted by Gasteiger charge is 2.24. The van der Waals surface area contributed by atoms with Crippen LogP contribution in [0.5, 0.6) is 0 Å². The Morgan fingerprint density at radius 1 is 1.30 bits per heavy atom. The van der Waals surface area contributed by atoms with Crippen LogP contribution in [0.2, 0.25) is 0 Å². The molecule has 1 N–H and O–H groups in total. The Bertz CT molecular complexity index is 408. The molecule has 0 aromatic carbocycles. The first kappa shape index (κ1) is 15.1. The normalized spacial score (nSPS) is 22.9. The summed E-state index contributed by atoms with van der Waals surface area (Å²) in [6, 6.07) is 2.67. The van der Waals surface area contributed by atoms with E-state index in [1.54, 1.807) is 0 Å². The van der Waals surface area contributed by atoms with Crippen LogP contribution in [-0.2, 0) is 6.42 Å². The first-order chi connectivity index (χ1) is 9.63. The summed E-state index contributed by atoms with van der Waals surface area (Å²) in [5.41, 5.74) is 0. The van der Waals surface area contributed by atoms with Crippen LogP contribution < -0.4 is 10.2 Å². The molecule has 0 radical (unpaired) electrons. The Morgan fingerprint density at radius 2 is 2.10 bits per heavy atom. The van der Waals surface area contributed by atoms with Crippen molar-refractivity contribution in [2.75, 3.05) is 23.3 Å². The molecule has 2 heterocycles. The van der Waals surface area contributed by atoms with Crippen molar-refractivity contribution in [1.82, 2.24) is 9.97 Å². The van der Waals surface area contributed by atoms with Crippen molar-refractivity contribution in [2.24, 2.45) is 5.92 Å². The zero-order valence-electron chi connectivity index (χ0n) is 13.3. The predicted molar refractivity (Wildman–Crippen MR) is 85.4 cm³/mol. The van der Waals surface area contributed by atoms with E-state index in [2.05, 4.69) is 49.0 Å². The van der Waals surface area contributed by atoms with Gasteiger partial charge in [-0.15, -0.1) is 0 Å². The largest absolute Gasteiger partial charge is 0.370 e. The van der Waals surface area contributed by atoms with Crippen LogP contribution in [0.4, 0.5) is 11.6 Å². The van der Waals surface area contributed by atoms with Crippen LogP contribution in [0.1, 0.15) is 52.8 Å². The Labute approximate surface area is 123 Å². The molecular formula is C16H28N4. The standard InChI is InChI=1S/C16H28N4/c1-5-7-14-18-15(17-6-2)11-16(19-14)20-9-8-12(3)10-13(20)4/h11-13H,5-10H2,1-4H3,(H,17,18,19). The molecule has 1 aromatic rings. The van der Waals surface area contributed by atoms with Gasteiger partial charge in [0.05, 0.1) is 0 Å². The van der Waals surface area contributed by atoms with Crippen molar-refractivity contribution in [3.05, 3.63) is 11.9 Å². The van der Waals surface area contributed by atoms with Gasteiger partial charge in [0.15, 0.2) is 0 Å². The molecule has 0 saturated carbocycles. The molecule has 20 heavy (non-hydrogen) atoms. The van der Waals surface area contributed by atoms with Crippen molar-refractivity contribution in [1.29, 1.82) is 0 Å². The Morgan fingerprint density at radius 3 is 2.75 bits per heavy atom. The average Bonchev–Trinajstić information content (AvgIpc) is 2.39. The second-order valence-corrected chi connectivity index (χ2v) is 5.98. The van der Waals surface area contributed by atoms with E-state index in [1.165, 1.54) is 12.8 Å². The van der Waals surface area contributed by atoms with Crippen LogP contribution in [0.25, 0.3) is 0 Å². The summed E-state index contributed by atoms with van der Waals surface area (Å²) in [7, 11) is 0. The van der Waals surface area contributed by atoms with Crippen molar-refractivity contribution in [3.63, 3.8) is 0 Å². The highest BCUT2D eigenvalue weighted by atomic mass is 15.2. The molecule has 0 spiro atoms. The van der Waals surface area contributed by atoms with Crippen molar-refractivity contribution >= 4 is 11.6 Å². The van der Waals surface area contributed by atoms with Gasteiger partial charge in [-0.3, -0.25) is 0 Å². The second kappa shape index (κ2) is 6.91. The van der Waals surface area contributed by atoms with Crippen LogP contribution in [0.15, 0.2) is 6.07 Å². The lowest BCUT2D eigenvalue weighted by Crippen LogP contribution is -2.41. The highest BCUT2D eigenvalue weighted by molar-refractivity contribution is 5.50. The SMILES string of the molecule is CCCc1nc(NCC)cc(N2CCC(C)CC2C)n1. The first-order valence-corrected chi connectivity index (χ1v) is 8.02. The lowest BCUT2D eigenvalue weighted by Gasteiger charge is -2.37. The minimum atomic E-state index is 0.567. The third-order valence-corrected chi connectivity index (χ3v) is 4.02. The summed E-state index contributed by atoms with van der Waals surface area (Å²) < 4.78 is 0. The Hall–Kier alpha value is -1.32. The van der Waals surface area contributed by atoms with E-state index in [-0.39, 0.29) is 0 Å². The molecular weight excluding hydrogens is 248 g/mol. The Balaban J connectivity index is 2.24. The van der Waals surface area contributed by atoms with Gasteiger partial charge in [-0.1, -0.05) is 13.8 Å². The van der Waals surface area contributed by atoms with Crippen molar-refractivity contribution in [2.45, 2.75) is 59.4 Å². The molecule has 4 heteroatoms. The quantitative estimate of drug-likeness (QED) is 0.894. The molecule has 4 nitrogen and oxygen atoms in total. The summed E-state index contributed by atoms with van der Waals surface area (Å²) in [6.45, 7) is 10.9. The number of aryl methyl sites for hydroxylation is 1. The van der Waals surface area contributed by atoms with Gasteiger partial charge in [0, 0.05) is 31.6 Å². The van der Waals surface area contributed by atoms with E-state index in [0.717, 1.165) is 49.3 Å². The minimum absolute atomic E-state index is 0.567. The van der Waals surface area contributed by atoms with Crippen LogP contribution >= 0.6 is 0 Å². The molecule has 1 aromatic heterocycles. The molecule has 1 aliphatic heterocycles. The molecule has 1 fully saturated rings. The van der Waals surface area contributed by atoms with E-state index < -0.39 is 0 Å². The second-order valence-electron chi connectivity index (χ2n) is 5.98. The summed E-state index contributed by atoms with van der Waals surface area (Å²) in [5.74, 6) is 3.85. The maximum Gasteiger partial charge on any atom is 0.134 e. The molecule has 0 amide bonds. The van der Waals surface area contributed by atoms with Gasteiger partial charge in [-0.2, -0.15) is 0 Å². The van der Waals surface area contributed by atoms with E-state index in [1.807, 2.05) is 0 Å². The van der Waals surface area contributed by atoms with Gasteiger partial charge in [-0.25, -0.2) is 9.97 Å². The summed E-state index contributed by atoms with van der Waals surface area (Å²) in [4.78, 5) is 11.8. The first-order valence-electron chi connectivity index (χ1n) is 8.02. The zero-order valence-corrected chi connectivity index (χ0v) is 13.3. The number of anilines is 2. The van der Waals surface area contributed by atoms with E-state index in [0.29, 0.717) is 6.04 Å². The summed E-state index contributed by atoms with van der Waals surface area (Å²) >= 11 is 0. The number of nitrogens with one attached hydrogen (secondary N) is 1. The fraction of sp³-hybridized carbons (Fsp3) is 0.750. The van der Waals surface area contributed by atoms with Crippen LogP contribution in [0, 0.1) is 5.92 Å². The zero-order chi connectivity index (χ0) is 14.5. The van der Waals surface area contributed by atoms with E-state index in [4.69, 9.17) is 4.98 Å². The minimum Gasteiger partial charge on any atom is -0.370 e. The number of nitrogens with zero attached hydrogens (tertiary/aromatic N) is 3. The van der Waals surface area contributed by atoms with Gasteiger partial charge in [0.2, 0.25) is 0 Å². The molecule has 112 valence electrons. The van der Waals surface area contributed by atoms with Gasteiger partial charge >= 0.3 is 0 Å². The summed E-state index contributed by atoms with van der Waals surface area (Å²) in [5, 5.41) is 3.33. The highest BCUT2D eigenvalue weighted by Crippen LogP contribution is 2.27. The fourth-order valence-electron chi connectivity index (χ4n) is 2.98. The lowest BCUT2D eigenvalue weighted by molar-refractivity contribution is 0.375. The monoisotopic (exact) mass is 276 g/mol. The molecule has 0 bridgehead atoms. The third-order valence-electron chi connectivity index (χ3n) is 4.02. The van der Waals surface area contributed by atoms with Crippen molar-refractivity contribution < 1.29 is 0 Å². The van der Waals surface area contributed by atoms with Gasteiger partial charge < -0.3 is 10.2 Å². The lowest BCUT2D eigenvalue weighted by atomic mass is 9.93. The van der Waals surface area contributed by atoms with Gasteiger partial charge in [-0.05, 0) is 39.0 Å². The smallest absolute Gasteiger partial charge is 0.134 e. The van der Waals surface area contributed by atoms with Crippen LogP contribution in [0.3, 0.4) is 0 Å². The van der Waals surface area contributed by atoms with Gasteiger partial charge in [0.1, 0.15) is 17.5 Å². The van der Waals surface area contributed by atoms with Crippen LogP contribution in [-0.4, -0.2) is 29.1 Å². The fourth-order valence-corrected chi connectivity index (χ4v) is 2.98. The maximum atomic E-state index is 4.78. The molecule has 1 saturated heterocycles. The Kier molecular flexibility index (Phi) is 5.21. The predicted octanol–water partition coefficient (Wildman–Crippen LogP) is 3.49.